The van der Waals surface area contributed by atoms with Crippen molar-refractivity contribution in [3.8, 4) is 0 Å². The van der Waals surface area contributed by atoms with Gasteiger partial charge in [-0.25, -0.2) is 0 Å². The van der Waals surface area contributed by atoms with Gasteiger partial charge in [-0.2, -0.15) is 0 Å². The molecule has 1 aliphatic rings. The molecule has 0 aromatic rings. The van der Waals surface area contributed by atoms with Crippen molar-refractivity contribution in [2.24, 2.45) is 0 Å². The van der Waals surface area contributed by atoms with Gasteiger partial charge < -0.3 is 10.6 Å². The average molecular weight is 156 g/mol. The van der Waals surface area contributed by atoms with Crippen LogP contribution in [0, 0.1) is 0 Å². The molecule has 2 N–H and O–H groups in total. The van der Waals surface area contributed by atoms with E-state index in [2.05, 4.69) is 24.5 Å². The van der Waals surface area contributed by atoms with Crippen molar-refractivity contribution < 1.29 is 0 Å². The zero-order valence-corrected chi connectivity index (χ0v) is 7.69. The molecule has 1 aliphatic carbocycles. The second kappa shape index (κ2) is 4.73. The Hall–Kier alpha value is -0.0800. The molecule has 2 heteroatoms. The third kappa shape index (κ3) is 4.38. The van der Waals surface area contributed by atoms with Gasteiger partial charge in [-0.3, -0.25) is 0 Å². The summed E-state index contributed by atoms with van der Waals surface area (Å²) in [5, 5.41) is 6.96. The molecule has 1 fully saturated rings. The first-order valence-electron chi connectivity index (χ1n) is 4.79. The van der Waals surface area contributed by atoms with Crippen LogP contribution in [0.25, 0.3) is 0 Å². The van der Waals surface area contributed by atoms with Crippen molar-refractivity contribution in [2.45, 2.75) is 45.2 Å². The molecule has 1 rings (SSSR count). The first-order chi connectivity index (χ1) is 5.33. The van der Waals surface area contributed by atoms with E-state index < -0.39 is 0 Å². The molecule has 66 valence electrons. The van der Waals surface area contributed by atoms with E-state index in [-0.39, 0.29) is 0 Å². The smallest absolute Gasteiger partial charge is 0.0164 e. The second-order valence-electron chi connectivity index (χ2n) is 3.54. The summed E-state index contributed by atoms with van der Waals surface area (Å²) in [7, 11) is 0. The fourth-order valence-electron chi connectivity index (χ4n) is 1.09. The Labute approximate surface area is 69.8 Å². The fraction of sp³-hybridized carbons (Fsp3) is 1.00. The summed E-state index contributed by atoms with van der Waals surface area (Å²) >= 11 is 0. The second-order valence-corrected chi connectivity index (χ2v) is 3.54. The lowest BCUT2D eigenvalue weighted by atomic mass is 10.3. The average Bonchev–Trinajstić information content (AvgIpc) is 2.80. The van der Waals surface area contributed by atoms with Crippen molar-refractivity contribution in [3.05, 3.63) is 0 Å². The minimum absolute atomic E-state index is 0.635. The van der Waals surface area contributed by atoms with Gasteiger partial charge in [0.2, 0.25) is 0 Å². The largest absolute Gasteiger partial charge is 0.313 e. The molecule has 11 heavy (non-hydrogen) atoms. The molecule has 0 bridgehead atoms. The maximum Gasteiger partial charge on any atom is 0.0164 e. The number of hydrogen-bond donors (Lipinski definition) is 2. The van der Waals surface area contributed by atoms with E-state index in [9.17, 15) is 0 Å². The van der Waals surface area contributed by atoms with Gasteiger partial charge in [0.05, 0.1) is 0 Å². The normalized spacial score (nSPS) is 20.2. The molecule has 0 aromatic heterocycles. The molecule has 0 radical (unpaired) electrons. The van der Waals surface area contributed by atoms with Gasteiger partial charge in [-0.05, 0) is 32.7 Å². The molecular formula is C9H20N2. The van der Waals surface area contributed by atoms with Crippen molar-refractivity contribution >= 4 is 0 Å². The molecule has 0 amide bonds. The lowest BCUT2D eigenvalue weighted by molar-refractivity contribution is 0.500. The summed E-state index contributed by atoms with van der Waals surface area (Å²) < 4.78 is 0. The molecule has 1 saturated carbocycles. The Kier molecular flexibility index (Phi) is 3.87. The lowest BCUT2D eigenvalue weighted by Crippen LogP contribution is -2.37. The topological polar surface area (TPSA) is 24.1 Å². The summed E-state index contributed by atoms with van der Waals surface area (Å²) in [4.78, 5) is 0. The summed E-state index contributed by atoms with van der Waals surface area (Å²) in [6.45, 7) is 6.72. The molecule has 0 heterocycles. The van der Waals surface area contributed by atoms with Crippen LogP contribution in [-0.4, -0.2) is 25.2 Å². The Bertz CT molecular complexity index is 99.7. The van der Waals surface area contributed by atoms with Crippen LogP contribution in [-0.2, 0) is 0 Å². The number of nitrogens with one attached hydrogen (secondary N) is 2. The van der Waals surface area contributed by atoms with E-state index in [0.29, 0.717) is 6.04 Å². The van der Waals surface area contributed by atoms with Crippen molar-refractivity contribution in [2.75, 3.05) is 13.1 Å². The fourth-order valence-corrected chi connectivity index (χ4v) is 1.09. The van der Waals surface area contributed by atoms with Crippen LogP contribution in [0.1, 0.15) is 33.1 Å². The van der Waals surface area contributed by atoms with Crippen molar-refractivity contribution in [1.82, 2.24) is 10.6 Å². The zero-order chi connectivity index (χ0) is 8.10. The SMILES string of the molecule is CCCNC(C)CNC1CC1. The van der Waals surface area contributed by atoms with Gasteiger partial charge in [0.15, 0.2) is 0 Å². The highest BCUT2D eigenvalue weighted by Crippen LogP contribution is 2.18. The summed E-state index contributed by atoms with van der Waals surface area (Å²) in [5.41, 5.74) is 0. The van der Waals surface area contributed by atoms with E-state index >= 15 is 0 Å². The predicted molar refractivity (Wildman–Crippen MR) is 48.8 cm³/mol. The summed E-state index contributed by atoms with van der Waals surface area (Å²) in [6, 6.07) is 1.48. The van der Waals surface area contributed by atoms with Crippen LogP contribution in [0.3, 0.4) is 0 Å². The van der Waals surface area contributed by atoms with Gasteiger partial charge in [-0.15, -0.1) is 0 Å². The molecule has 2 nitrogen and oxygen atoms in total. The molecular weight excluding hydrogens is 136 g/mol. The lowest BCUT2D eigenvalue weighted by Gasteiger charge is -2.13. The maximum atomic E-state index is 3.50. The van der Waals surface area contributed by atoms with E-state index in [1.165, 1.54) is 19.3 Å². The van der Waals surface area contributed by atoms with Crippen LogP contribution in [0.5, 0.6) is 0 Å². The minimum atomic E-state index is 0.635. The van der Waals surface area contributed by atoms with E-state index in [1.807, 2.05) is 0 Å². The highest BCUT2D eigenvalue weighted by atomic mass is 15.0. The Morgan fingerprint density at radius 3 is 2.73 bits per heavy atom. The van der Waals surface area contributed by atoms with Crippen molar-refractivity contribution in [1.29, 1.82) is 0 Å². The van der Waals surface area contributed by atoms with Gasteiger partial charge in [-0.1, -0.05) is 6.92 Å². The summed E-state index contributed by atoms with van der Waals surface area (Å²) in [5.74, 6) is 0. The van der Waals surface area contributed by atoms with E-state index in [1.54, 1.807) is 0 Å². The summed E-state index contributed by atoms with van der Waals surface area (Å²) in [6.07, 6.45) is 4.01. The molecule has 1 unspecified atom stereocenters. The number of hydrogen-bond acceptors (Lipinski definition) is 2. The Morgan fingerprint density at radius 1 is 1.45 bits per heavy atom. The first kappa shape index (κ1) is 9.01. The van der Waals surface area contributed by atoms with Crippen LogP contribution < -0.4 is 10.6 Å². The van der Waals surface area contributed by atoms with Gasteiger partial charge in [0.25, 0.3) is 0 Å². The van der Waals surface area contributed by atoms with Crippen molar-refractivity contribution in [3.63, 3.8) is 0 Å². The quantitative estimate of drug-likeness (QED) is 0.602. The van der Waals surface area contributed by atoms with Crippen LogP contribution in [0.15, 0.2) is 0 Å². The van der Waals surface area contributed by atoms with E-state index in [0.717, 1.165) is 19.1 Å². The van der Waals surface area contributed by atoms with Crippen LogP contribution >= 0.6 is 0 Å². The Balaban J connectivity index is 1.87. The van der Waals surface area contributed by atoms with Gasteiger partial charge in [0, 0.05) is 18.6 Å². The molecule has 0 spiro atoms. The minimum Gasteiger partial charge on any atom is -0.313 e. The van der Waals surface area contributed by atoms with Crippen LogP contribution in [0.2, 0.25) is 0 Å². The molecule has 0 aliphatic heterocycles. The van der Waals surface area contributed by atoms with Gasteiger partial charge >= 0.3 is 0 Å². The van der Waals surface area contributed by atoms with Gasteiger partial charge in [0.1, 0.15) is 0 Å². The standard InChI is InChI=1S/C9H20N2/c1-3-6-10-8(2)7-11-9-4-5-9/h8-11H,3-7H2,1-2H3. The molecule has 1 atom stereocenters. The highest BCUT2D eigenvalue weighted by molar-refractivity contribution is 4.82. The molecule has 0 saturated heterocycles. The monoisotopic (exact) mass is 156 g/mol. The number of rotatable bonds is 6. The third-order valence-corrected chi connectivity index (χ3v) is 2.03. The first-order valence-corrected chi connectivity index (χ1v) is 4.79. The zero-order valence-electron chi connectivity index (χ0n) is 7.69. The van der Waals surface area contributed by atoms with E-state index in [4.69, 9.17) is 0 Å². The highest BCUT2D eigenvalue weighted by Gasteiger charge is 2.20. The maximum absolute atomic E-state index is 3.50. The third-order valence-electron chi connectivity index (χ3n) is 2.03. The Morgan fingerprint density at radius 2 is 2.18 bits per heavy atom. The molecule has 0 aromatic carbocycles. The van der Waals surface area contributed by atoms with Crippen LogP contribution in [0.4, 0.5) is 0 Å². The predicted octanol–water partition coefficient (Wildman–Crippen LogP) is 1.13.